The molecule has 1 amide bonds. The summed E-state index contributed by atoms with van der Waals surface area (Å²) in [5.74, 6) is 1.01. The van der Waals surface area contributed by atoms with Gasteiger partial charge in [-0.3, -0.25) is 14.7 Å². The van der Waals surface area contributed by atoms with Crippen LogP contribution in [0.3, 0.4) is 0 Å². The molecule has 0 saturated carbocycles. The molecule has 1 unspecified atom stereocenters. The topological polar surface area (TPSA) is 45.7 Å². The third-order valence-electron chi connectivity index (χ3n) is 6.35. The fourth-order valence-corrected chi connectivity index (χ4v) is 4.55. The Bertz CT molecular complexity index is 838. The largest absolute Gasteiger partial charge is 0.490 e. The van der Waals surface area contributed by atoms with E-state index in [1.807, 2.05) is 42.2 Å². The predicted octanol–water partition coefficient (Wildman–Crippen LogP) is 4.10. The molecule has 2 aromatic rings. The van der Waals surface area contributed by atoms with Gasteiger partial charge in [0.05, 0.1) is 0 Å². The van der Waals surface area contributed by atoms with Crippen molar-refractivity contribution >= 4 is 5.91 Å². The Balaban J connectivity index is 1.25. The number of hydrogen-bond acceptors (Lipinski definition) is 4. The normalized spacial score (nSPS) is 19.1. The van der Waals surface area contributed by atoms with Crippen molar-refractivity contribution in [2.45, 2.75) is 58.1 Å². The van der Waals surface area contributed by atoms with E-state index in [1.165, 1.54) is 5.69 Å². The van der Waals surface area contributed by atoms with Gasteiger partial charge in [-0.25, -0.2) is 0 Å². The third kappa shape index (κ3) is 5.20. The number of ether oxygens (including phenoxy) is 1. The van der Waals surface area contributed by atoms with Gasteiger partial charge in [0.25, 0.3) is 5.91 Å². The lowest BCUT2D eigenvalue weighted by atomic mass is 10.0. The van der Waals surface area contributed by atoms with Crippen LogP contribution in [-0.2, 0) is 6.42 Å². The highest BCUT2D eigenvalue weighted by atomic mass is 16.5. The SMILES string of the molecule is Cc1cccc(CC(C)N2CCC(Oc3ccc(C(=O)N4CCCC4)cc3)CC2)n1. The summed E-state index contributed by atoms with van der Waals surface area (Å²) in [6.45, 7) is 8.20. The number of aromatic nitrogens is 1. The van der Waals surface area contributed by atoms with Crippen LogP contribution in [0.5, 0.6) is 5.75 Å². The van der Waals surface area contributed by atoms with Crippen LogP contribution in [0, 0.1) is 6.92 Å². The first-order valence-corrected chi connectivity index (χ1v) is 11.3. The van der Waals surface area contributed by atoms with Crippen LogP contribution in [0.4, 0.5) is 0 Å². The quantitative estimate of drug-likeness (QED) is 0.723. The van der Waals surface area contributed by atoms with Gasteiger partial charge < -0.3 is 9.64 Å². The zero-order valence-electron chi connectivity index (χ0n) is 18.2. The van der Waals surface area contributed by atoms with E-state index in [1.54, 1.807) is 0 Å². The van der Waals surface area contributed by atoms with Crippen LogP contribution in [0.2, 0.25) is 0 Å². The molecule has 2 saturated heterocycles. The molecule has 0 aliphatic carbocycles. The van der Waals surface area contributed by atoms with E-state index >= 15 is 0 Å². The molecule has 1 atom stereocenters. The molecule has 5 heteroatoms. The second kappa shape index (κ2) is 9.61. The molecule has 3 heterocycles. The minimum Gasteiger partial charge on any atom is -0.490 e. The maximum absolute atomic E-state index is 12.5. The Morgan fingerprint density at radius 2 is 1.77 bits per heavy atom. The van der Waals surface area contributed by atoms with E-state index in [4.69, 9.17) is 4.74 Å². The van der Waals surface area contributed by atoms with Crippen molar-refractivity contribution in [3.8, 4) is 5.75 Å². The molecule has 30 heavy (non-hydrogen) atoms. The lowest BCUT2D eigenvalue weighted by molar-refractivity contribution is 0.0788. The Morgan fingerprint density at radius 1 is 1.07 bits per heavy atom. The van der Waals surface area contributed by atoms with Crippen molar-refractivity contribution in [1.82, 2.24) is 14.8 Å². The Morgan fingerprint density at radius 3 is 2.43 bits per heavy atom. The van der Waals surface area contributed by atoms with E-state index < -0.39 is 0 Å². The van der Waals surface area contributed by atoms with Gasteiger partial charge in [-0.2, -0.15) is 0 Å². The summed E-state index contributed by atoms with van der Waals surface area (Å²) in [4.78, 5) is 21.6. The van der Waals surface area contributed by atoms with Crippen LogP contribution < -0.4 is 4.74 Å². The molecule has 1 aromatic heterocycles. The number of piperidine rings is 1. The Kier molecular flexibility index (Phi) is 6.68. The van der Waals surface area contributed by atoms with Crippen molar-refractivity contribution in [2.24, 2.45) is 0 Å². The summed E-state index contributed by atoms with van der Waals surface area (Å²) in [5, 5.41) is 0. The minimum absolute atomic E-state index is 0.143. The van der Waals surface area contributed by atoms with Crippen LogP contribution in [0.15, 0.2) is 42.5 Å². The van der Waals surface area contributed by atoms with Gasteiger partial charge in [0.15, 0.2) is 0 Å². The third-order valence-corrected chi connectivity index (χ3v) is 6.35. The summed E-state index contributed by atoms with van der Waals surface area (Å²) in [6, 6.07) is 14.4. The molecule has 160 valence electrons. The van der Waals surface area contributed by atoms with Gasteiger partial charge in [0, 0.05) is 55.6 Å². The van der Waals surface area contributed by atoms with Crippen molar-refractivity contribution in [3.05, 3.63) is 59.4 Å². The number of nitrogens with zero attached hydrogens (tertiary/aromatic N) is 3. The van der Waals surface area contributed by atoms with Crippen LogP contribution in [0.1, 0.15) is 54.4 Å². The van der Waals surface area contributed by atoms with Gasteiger partial charge in [0.2, 0.25) is 0 Å². The van der Waals surface area contributed by atoms with E-state index in [0.717, 1.165) is 75.3 Å². The molecule has 5 nitrogen and oxygen atoms in total. The summed E-state index contributed by atoms with van der Waals surface area (Å²) < 4.78 is 6.21. The number of carbonyl (C=O) groups excluding carboxylic acids is 1. The van der Waals surface area contributed by atoms with Crippen LogP contribution >= 0.6 is 0 Å². The highest BCUT2D eigenvalue weighted by Crippen LogP contribution is 2.22. The Hall–Kier alpha value is -2.40. The lowest BCUT2D eigenvalue weighted by Gasteiger charge is -2.36. The number of pyridine rings is 1. The molecular weight excluding hydrogens is 374 g/mol. The summed E-state index contributed by atoms with van der Waals surface area (Å²) in [6.07, 6.45) is 5.52. The lowest BCUT2D eigenvalue weighted by Crippen LogP contribution is -2.43. The number of aryl methyl sites for hydroxylation is 1. The molecule has 0 N–H and O–H groups in total. The first-order chi connectivity index (χ1) is 14.6. The van der Waals surface area contributed by atoms with Gasteiger partial charge in [-0.15, -0.1) is 0 Å². The van der Waals surface area contributed by atoms with Crippen molar-refractivity contribution in [2.75, 3.05) is 26.2 Å². The van der Waals surface area contributed by atoms with Crippen LogP contribution in [-0.4, -0.2) is 59.0 Å². The first kappa shape index (κ1) is 20.9. The average molecular weight is 408 g/mol. The molecule has 0 spiro atoms. The van der Waals surface area contributed by atoms with Crippen molar-refractivity contribution in [3.63, 3.8) is 0 Å². The first-order valence-electron chi connectivity index (χ1n) is 11.3. The highest BCUT2D eigenvalue weighted by Gasteiger charge is 2.24. The molecule has 2 aliphatic heterocycles. The van der Waals surface area contributed by atoms with E-state index in [9.17, 15) is 4.79 Å². The fraction of sp³-hybridized carbons (Fsp3) is 0.520. The molecule has 0 radical (unpaired) electrons. The summed E-state index contributed by atoms with van der Waals surface area (Å²) in [5.41, 5.74) is 3.02. The predicted molar refractivity (Wildman–Crippen MR) is 119 cm³/mol. The molecule has 2 fully saturated rings. The summed E-state index contributed by atoms with van der Waals surface area (Å²) >= 11 is 0. The monoisotopic (exact) mass is 407 g/mol. The van der Waals surface area contributed by atoms with Crippen molar-refractivity contribution < 1.29 is 9.53 Å². The number of hydrogen-bond donors (Lipinski definition) is 0. The van der Waals surface area contributed by atoms with Gasteiger partial charge >= 0.3 is 0 Å². The van der Waals surface area contributed by atoms with Gasteiger partial charge in [-0.1, -0.05) is 6.07 Å². The fourth-order valence-electron chi connectivity index (χ4n) is 4.55. The maximum atomic E-state index is 12.5. The smallest absolute Gasteiger partial charge is 0.253 e. The van der Waals surface area contributed by atoms with E-state index in [2.05, 4.69) is 28.9 Å². The zero-order valence-corrected chi connectivity index (χ0v) is 18.2. The van der Waals surface area contributed by atoms with Crippen LogP contribution in [0.25, 0.3) is 0 Å². The molecule has 1 aromatic carbocycles. The standard InChI is InChI=1S/C25H33N3O2/c1-19-6-5-7-22(26-19)18-20(2)27-16-12-24(13-17-27)30-23-10-8-21(9-11-23)25(29)28-14-3-4-15-28/h5-11,20,24H,3-4,12-18H2,1-2H3. The van der Waals surface area contributed by atoms with Gasteiger partial charge in [0.1, 0.15) is 11.9 Å². The molecule has 4 rings (SSSR count). The number of likely N-dealkylation sites (tertiary alicyclic amines) is 2. The number of carbonyl (C=O) groups is 1. The number of rotatable bonds is 6. The zero-order chi connectivity index (χ0) is 20.9. The minimum atomic E-state index is 0.143. The highest BCUT2D eigenvalue weighted by molar-refractivity contribution is 5.94. The van der Waals surface area contributed by atoms with Gasteiger partial charge in [-0.05, 0) is 75.9 Å². The average Bonchev–Trinajstić information content (AvgIpc) is 3.29. The van der Waals surface area contributed by atoms with E-state index in [0.29, 0.717) is 6.04 Å². The molecular formula is C25H33N3O2. The molecule has 0 bridgehead atoms. The summed E-state index contributed by atoms with van der Waals surface area (Å²) in [7, 11) is 0. The number of benzene rings is 1. The van der Waals surface area contributed by atoms with E-state index in [-0.39, 0.29) is 12.0 Å². The second-order valence-corrected chi connectivity index (χ2v) is 8.70. The number of amides is 1. The Labute approximate surface area is 180 Å². The second-order valence-electron chi connectivity index (χ2n) is 8.70. The maximum Gasteiger partial charge on any atom is 0.253 e. The molecule has 2 aliphatic rings. The van der Waals surface area contributed by atoms with Crippen molar-refractivity contribution in [1.29, 1.82) is 0 Å².